The van der Waals surface area contributed by atoms with E-state index in [1.54, 1.807) is 36.1 Å². The number of carbonyl (C=O) groups excluding carboxylic acids is 2. The van der Waals surface area contributed by atoms with Gasteiger partial charge >= 0.3 is 0 Å². The zero-order valence-corrected chi connectivity index (χ0v) is 38.5. The molecule has 2 amide bonds. The third-order valence-electron chi connectivity index (χ3n) is 6.19. The first-order valence-electron chi connectivity index (χ1n) is 18.9. The van der Waals surface area contributed by atoms with E-state index in [9.17, 15) is 18.0 Å². The van der Waals surface area contributed by atoms with Crippen molar-refractivity contribution in [3.63, 3.8) is 0 Å². The van der Waals surface area contributed by atoms with Crippen LogP contribution in [-0.2, 0) is 26.2 Å². The second-order valence-corrected chi connectivity index (χ2v) is 13.2. The molecular weight excluding hydrogens is 743 g/mol. The number of nitriles is 1. The van der Waals surface area contributed by atoms with Gasteiger partial charge in [0.25, 0.3) is 0 Å². The van der Waals surface area contributed by atoms with Gasteiger partial charge in [0.05, 0.1) is 19.3 Å². The predicted molar refractivity (Wildman–Crippen MR) is 246 cm³/mol. The summed E-state index contributed by atoms with van der Waals surface area (Å²) in [5.74, 6) is 0.478. The van der Waals surface area contributed by atoms with Crippen LogP contribution in [0.15, 0.2) is 50.1 Å². The van der Waals surface area contributed by atoms with Crippen LogP contribution < -0.4 is 10.0 Å². The van der Waals surface area contributed by atoms with Crippen LogP contribution in [0.4, 0.5) is 0 Å². The number of rotatable bonds is 8. The number of hydrogen-bond donors (Lipinski definition) is 3. The minimum Gasteiger partial charge on any atom is -0.397 e. The fourth-order valence-electron chi connectivity index (χ4n) is 4.17. The number of aliphatic hydroxyl groups excluding tert-OH is 1. The smallest absolute Gasteiger partial charge is 0.245 e. The molecule has 0 aromatic carbocycles. The maximum absolute atomic E-state index is 12.9. The highest BCUT2D eigenvalue weighted by atomic mass is 32.2. The summed E-state index contributed by atoms with van der Waals surface area (Å²) in [5, 5.41) is 19.8. The predicted octanol–water partition coefficient (Wildman–Crippen LogP) is 8.28. The quantitative estimate of drug-likeness (QED) is 0.177. The fourth-order valence-corrected chi connectivity index (χ4v) is 5.38. The lowest BCUT2D eigenvalue weighted by Crippen LogP contribution is -2.49. The number of likely N-dealkylation sites (tertiary alicyclic amines) is 1. The summed E-state index contributed by atoms with van der Waals surface area (Å²) in [6.45, 7) is 33.3. The minimum absolute atomic E-state index is 0.149. The SMILES string of the molecule is C#C.C#C.C#C.C=CC.C=CC.C=CC.CC.CC.CCC1CCNCC1.CCN(Cc1ccc(C#N)s1)C(=O)C1CCCN1C(=O)CNS(C)(=O)=O.CCO. The lowest BCUT2D eigenvalue weighted by molar-refractivity contribution is -0.143. The number of nitrogens with one attached hydrogen (secondary N) is 2. The van der Waals surface area contributed by atoms with Crippen molar-refractivity contribution < 1.29 is 23.1 Å². The van der Waals surface area contributed by atoms with E-state index in [1.165, 1.54) is 48.6 Å². The maximum atomic E-state index is 12.9. The molecule has 0 radical (unpaired) electrons. The van der Waals surface area contributed by atoms with Gasteiger partial charge in [-0.25, -0.2) is 13.1 Å². The van der Waals surface area contributed by atoms with Crippen LogP contribution in [0.1, 0.15) is 111 Å². The zero-order chi connectivity index (χ0) is 46.0. The Hall–Kier alpha value is -4.14. The number of thiophene rings is 1. The molecule has 10 nitrogen and oxygen atoms in total. The van der Waals surface area contributed by atoms with Crippen molar-refractivity contribution in [2.45, 2.75) is 114 Å². The lowest BCUT2D eigenvalue weighted by atomic mass is 9.96. The van der Waals surface area contributed by atoms with Crippen LogP contribution in [0.5, 0.6) is 0 Å². The van der Waals surface area contributed by atoms with E-state index < -0.39 is 22.0 Å². The molecule has 3 rings (SSSR count). The second kappa shape index (κ2) is 57.6. The summed E-state index contributed by atoms with van der Waals surface area (Å²) in [7, 11) is -3.47. The first-order valence-corrected chi connectivity index (χ1v) is 21.6. The van der Waals surface area contributed by atoms with Gasteiger partial charge in [0.2, 0.25) is 21.8 Å². The summed E-state index contributed by atoms with van der Waals surface area (Å²) in [6.07, 6.45) is 35.7. The molecule has 1 aromatic rings. The van der Waals surface area contributed by atoms with Crippen LogP contribution in [0.2, 0.25) is 0 Å². The van der Waals surface area contributed by atoms with Gasteiger partial charge in [-0.2, -0.15) is 5.26 Å². The molecule has 0 aliphatic carbocycles. The summed E-state index contributed by atoms with van der Waals surface area (Å²) < 4.78 is 24.5. The van der Waals surface area contributed by atoms with Gasteiger partial charge in [-0.3, -0.25) is 9.59 Å². The lowest BCUT2D eigenvalue weighted by Gasteiger charge is -2.29. The van der Waals surface area contributed by atoms with Crippen LogP contribution in [0.25, 0.3) is 0 Å². The third kappa shape index (κ3) is 46.0. The molecule has 56 heavy (non-hydrogen) atoms. The minimum atomic E-state index is -3.47. The van der Waals surface area contributed by atoms with E-state index in [0.29, 0.717) is 37.4 Å². The number of terminal acetylenes is 3. The number of carbonyl (C=O) groups is 2. The fraction of sp³-hybridized carbons (Fsp3) is 0.568. The molecule has 2 fully saturated rings. The Labute approximate surface area is 350 Å². The Balaban J connectivity index is -0.000000105. The first kappa shape index (κ1) is 69.7. The number of hydrogen-bond acceptors (Lipinski definition) is 8. The molecule has 2 saturated heterocycles. The van der Waals surface area contributed by atoms with E-state index in [4.69, 9.17) is 10.4 Å². The van der Waals surface area contributed by atoms with E-state index in [2.05, 4.69) is 81.3 Å². The maximum Gasteiger partial charge on any atom is 0.245 e. The van der Waals surface area contributed by atoms with E-state index in [0.717, 1.165) is 17.1 Å². The van der Waals surface area contributed by atoms with Crippen LogP contribution in [-0.4, -0.2) is 86.8 Å². The Bertz CT molecular complexity index is 1210. The van der Waals surface area contributed by atoms with Gasteiger partial charge in [-0.15, -0.1) is 69.6 Å². The molecule has 3 N–H and O–H groups in total. The van der Waals surface area contributed by atoms with Crippen molar-refractivity contribution in [3.8, 4) is 44.6 Å². The molecule has 2 aliphatic rings. The van der Waals surface area contributed by atoms with Crippen molar-refractivity contribution in [1.82, 2.24) is 19.8 Å². The molecule has 1 atom stereocenters. The number of likely N-dealkylation sites (N-methyl/N-ethyl adjacent to an activating group) is 1. The van der Waals surface area contributed by atoms with Crippen molar-refractivity contribution >= 4 is 33.2 Å². The van der Waals surface area contributed by atoms with Crippen molar-refractivity contribution in [1.29, 1.82) is 5.26 Å². The van der Waals surface area contributed by atoms with Crippen LogP contribution in [0.3, 0.4) is 0 Å². The standard InChI is InChI=1S/C16H22N4O4S2.C7H15N.3C3H6.C2H6O.2C2H6.3C2H2/c1-3-19(11-13-7-6-12(9-17)25-13)16(22)14-5-4-8-20(14)15(21)10-18-26(2,23)24;1-2-7-3-5-8-6-4-7;3*1-3-2;1-2-3;5*1-2/h6-7,14,18H,3-5,8,10-11H2,1-2H3;7-8H,2-6H2,1H3;3*3H,1H2,2H3;3H,2H2,1H3;2*1-2H3;3*1-2H. The van der Waals surface area contributed by atoms with Gasteiger partial charge in [-0.1, -0.05) is 59.3 Å². The highest BCUT2D eigenvalue weighted by molar-refractivity contribution is 7.88. The van der Waals surface area contributed by atoms with Crippen LogP contribution >= 0.6 is 11.3 Å². The molecule has 1 unspecified atom stereocenters. The number of piperidine rings is 1. The molecule has 1 aromatic heterocycles. The van der Waals surface area contributed by atoms with Crippen LogP contribution in [0, 0.1) is 55.8 Å². The second-order valence-electron chi connectivity index (χ2n) is 10.2. The Morgan fingerprint density at radius 1 is 0.964 bits per heavy atom. The normalized spacial score (nSPS) is 12.7. The summed E-state index contributed by atoms with van der Waals surface area (Å²) in [4.78, 5) is 29.8. The molecule has 0 spiro atoms. The van der Waals surface area contributed by atoms with Crippen molar-refractivity contribution in [3.05, 3.63) is 59.9 Å². The third-order valence-corrected chi connectivity index (χ3v) is 7.84. The van der Waals surface area contributed by atoms with Gasteiger partial charge in [0.1, 0.15) is 17.0 Å². The van der Waals surface area contributed by atoms with Gasteiger partial charge in [0, 0.05) is 24.6 Å². The number of sulfonamides is 1. The van der Waals surface area contributed by atoms with Gasteiger partial charge in [0.15, 0.2) is 0 Å². The highest BCUT2D eigenvalue weighted by Crippen LogP contribution is 2.22. The largest absolute Gasteiger partial charge is 0.397 e. The topological polar surface area (TPSA) is 143 Å². The molecule has 322 valence electrons. The molecular formula is C44H79N5O5S2. The molecule has 0 bridgehead atoms. The first-order chi connectivity index (χ1) is 26.8. The Kier molecular flexibility index (Phi) is 71.7. The summed E-state index contributed by atoms with van der Waals surface area (Å²) in [6, 6.07) is 5.06. The number of aliphatic hydroxyl groups is 1. The van der Waals surface area contributed by atoms with Gasteiger partial charge in [-0.05, 0) is 91.4 Å². The zero-order valence-electron chi connectivity index (χ0n) is 36.9. The van der Waals surface area contributed by atoms with Crippen molar-refractivity contribution in [2.75, 3.05) is 45.6 Å². The molecule has 3 heterocycles. The molecule has 12 heteroatoms. The molecule has 2 aliphatic heterocycles. The highest BCUT2D eigenvalue weighted by Gasteiger charge is 2.36. The van der Waals surface area contributed by atoms with Crippen molar-refractivity contribution in [2.24, 2.45) is 5.92 Å². The average Bonchev–Trinajstić information content (AvgIpc) is 3.92. The summed E-state index contributed by atoms with van der Waals surface area (Å²) in [5.41, 5.74) is 0. The van der Waals surface area contributed by atoms with E-state index in [1.807, 2.05) is 61.5 Å². The Morgan fingerprint density at radius 3 is 1.71 bits per heavy atom. The Morgan fingerprint density at radius 2 is 1.39 bits per heavy atom. The number of amides is 2. The van der Waals surface area contributed by atoms with E-state index >= 15 is 0 Å². The monoisotopic (exact) mass is 822 g/mol. The van der Waals surface area contributed by atoms with E-state index in [-0.39, 0.29) is 19.1 Å². The number of nitrogens with zero attached hydrogens (tertiary/aromatic N) is 3. The average molecular weight is 822 g/mol. The van der Waals surface area contributed by atoms with Gasteiger partial charge < -0.3 is 20.2 Å². The number of allylic oxidation sites excluding steroid dienone is 3. The molecule has 0 saturated carbocycles. The summed E-state index contributed by atoms with van der Waals surface area (Å²) >= 11 is 1.34.